The third kappa shape index (κ3) is 2.89. The van der Waals surface area contributed by atoms with Crippen molar-refractivity contribution in [3.63, 3.8) is 0 Å². The van der Waals surface area contributed by atoms with Gasteiger partial charge in [-0.05, 0) is 14.0 Å². The number of nitrogens with one attached hydrogen (secondary N) is 1. The summed E-state index contributed by atoms with van der Waals surface area (Å²) in [6, 6.07) is 1.49. The van der Waals surface area contributed by atoms with Crippen LogP contribution in [0.1, 0.15) is 30.2 Å². The van der Waals surface area contributed by atoms with Crippen molar-refractivity contribution in [1.29, 1.82) is 0 Å². The standard InChI is InChI=1S/C13H17N7O2/c1-4-10-16-17-11(22-10)7-19(3)6-9-5-12(21)20-13(15-9)14-8(2)18-20/h5H,4,6-7H2,1-3H3,(H,14,15,18). The molecule has 1 N–H and O–H groups in total. The van der Waals surface area contributed by atoms with E-state index >= 15 is 0 Å². The van der Waals surface area contributed by atoms with Gasteiger partial charge in [-0.15, -0.1) is 10.2 Å². The molecule has 0 bridgehead atoms. The van der Waals surface area contributed by atoms with Crippen LogP contribution in [-0.4, -0.2) is 41.7 Å². The second-order valence-electron chi connectivity index (χ2n) is 5.15. The number of H-pyrrole nitrogens is 1. The minimum atomic E-state index is -0.181. The summed E-state index contributed by atoms with van der Waals surface area (Å²) in [6.45, 7) is 4.72. The van der Waals surface area contributed by atoms with Crippen LogP contribution < -0.4 is 5.56 Å². The van der Waals surface area contributed by atoms with Crippen LogP contribution >= 0.6 is 0 Å². The molecule has 0 radical (unpaired) electrons. The number of hydrogen-bond donors (Lipinski definition) is 1. The van der Waals surface area contributed by atoms with Gasteiger partial charge in [0.1, 0.15) is 5.82 Å². The average molecular weight is 303 g/mol. The molecular weight excluding hydrogens is 286 g/mol. The van der Waals surface area contributed by atoms with Crippen molar-refractivity contribution in [2.24, 2.45) is 0 Å². The summed E-state index contributed by atoms with van der Waals surface area (Å²) in [5.41, 5.74) is 0.467. The van der Waals surface area contributed by atoms with Gasteiger partial charge in [0.15, 0.2) is 0 Å². The molecule has 0 atom stereocenters. The van der Waals surface area contributed by atoms with Crippen molar-refractivity contribution in [3.05, 3.63) is 39.7 Å². The fraction of sp³-hybridized carbons (Fsp3) is 0.462. The van der Waals surface area contributed by atoms with E-state index in [0.717, 1.165) is 0 Å². The number of fused-ring (bicyclic) bond motifs is 1. The van der Waals surface area contributed by atoms with Gasteiger partial charge in [0.05, 0.1) is 12.2 Å². The largest absolute Gasteiger partial charge is 0.424 e. The first-order valence-electron chi connectivity index (χ1n) is 7.00. The molecule has 0 amide bonds. The maximum Gasteiger partial charge on any atom is 0.274 e. The van der Waals surface area contributed by atoms with E-state index in [1.54, 1.807) is 6.92 Å². The molecule has 116 valence electrons. The van der Waals surface area contributed by atoms with Crippen molar-refractivity contribution in [2.75, 3.05) is 7.05 Å². The van der Waals surface area contributed by atoms with Gasteiger partial charge in [-0.3, -0.25) is 14.8 Å². The molecule has 0 aliphatic carbocycles. The van der Waals surface area contributed by atoms with Crippen LogP contribution in [0.15, 0.2) is 15.3 Å². The van der Waals surface area contributed by atoms with E-state index in [-0.39, 0.29) is 5.56 Å². The number of nitrogens with zero attached hydrogens (tertiary/aromatic N) is 6. The fourth-order valence-electron chi connectivity index (χ4n) is 2.17. The lowest BCUT2D eigenvalue weighted by molar-refractivity contribution is 0.274. The summed E-state index contributed by atoms with van der Waals surface area (Å²) in [4.78, 5) is 22.5. The van der Waals surface area contributed by atoms with Crippen molar-refractivity contribution in [1.82, 2.24) is 34.7 Å². The fourth-order valence-corrected chi connectivity index (χ4v) is 2.17. The molecule has 0 aliphatic rings. The van der Waals surface area contributed by atoms with Gasteiger partial charge >= 0.3 is 0 Å². The zero-order valence-corrected chi connectivity index (χ0v) is 12.7. The molecule has 9 heteroatoms. The van der Waals surface area contributed by atoms with Crippen LogP contribution in [0.4, 0.5) is 0 Å². The lowest BCUT2D eigenvalue weighted by Gasteiger charge is -2.13. The highest BCUT2D eigenvalue weighted by Crippen LogP contribution is 2.06. The molecule has 22 heavy (non-hydrogen) atoms. The molecule has 3 rings (SSSR count). The Bertz CT molecular complexity index is 848. The van der Waals surface area contributed by atoms with E-state index in [1.807, 2.05) is 18.9 Å². The number of aromatic nitrogens is 6. The van der Waals surface area contributed by atoms with Crippen LogP contribution in [0.3, 0.4) is 0 Å². The summed E-state index contributed by atoms with van der Waals surface area (Å²) < 4.78 is 6.79. The third-order valence-corrected chi connectivity index (χ3v) is 3.14. The summed E-state index contributed by atoms with van der Waals surface area (Å²) in [7, 11) is 1.90. The Kier molecular flexibility index (Phi) is 3.72. The van der Waals surface area contributed by atoms with E-state index in [4.69, 9.17) is 4.42 Å². The molecule has 9 nitrogen and oxygen atoms in total. The predicted molar refractivity (Wildman–Crippen MR) is 77.2 cm³/mol. The Balaban J connectivity index is 1.75. The van der Waals surface area contributed by atoms with Crippen LogP contribution in [0.2, 0.25) is 0 Å². The van der Waals surface area contributed by atoms with Crippen molar-refractivity contribution in [2.45, 2.75) is 33.4 Å². The average Bonchev–Trinajstić information content (AvgIpc) is 3.04. The van der Waals surface area contributed by atoms with Gasteiger partial charge in [-0.25, -0.2) is 4.98 Å². The predicted octanol–water partition coefficient (Wildman–Crippen LogP) is 0.303. The molecule has 0 unspecified atom stereocenters. The maximum atomic E-state index is 12.0. The van der Waals surface area contributed by atoms with Gasteiger partial charge < -0.3 is 4.42 Å². The summed E-state index contributed by atoms with van der Waals surface area (Å²) in [5, 5.41) is 10.7. The van der Waals surface area contributed by atoms with E-state index in [9.17, 15) is 4.79 Å². The Morgan fingerprint density at radius 3 is 2.77 bits per heavy atom. The van der Waals surface area contributed by atoms with Gasteiger partial charge in [0.2, 0.25) is 11.8 Å². The van der Waals surface area contributed by atoms with Crippen LogP contribution in [0, 0.1) is 6.92 Å². The minimum Gasteiger partial charge on any atom is -0.424 e. The van der Waals surface area contributed by atoms with Crippen molar-refractivity contribution >= 4 is 5.78 Å². The minimum absolute atomic E-state index is 0.181. The molecule has 3 heterocycles. The molecule has 0 spiro atoms. The summed E-state index contributed by atoms with van der Waals surface area (Å²) >= 11 is 0. The quantitative estimate of drug-likeness (QED) is 0.722. The highest BCUT2D eigenvalue weighted by atomic mass is 16.4. The second-order valence-corrected chi connectivity index (χ2v) is 5.15. The highest BCUT2D eigenvalue weighted by molar-refractivity contribution is 5.27. The zero-order chi connectivity index (χ0) is 15.7. The highest BCUT2D eigenvalue weighted by Gasteiger charge is 2.11. The van der Waals surface area contributed by atoms with Crippen molar-refractivity contribution < 1.29 is 4.42 Å². The Morgan fingerprint density at radius 1 is 1.27 bits per heavy atom. The first kappa shape index (κ1) is 14.4. The molecule has 0 aliphatic heterocycles. The Morgan fingerprint density at radius 2 is 2.05 bits per heavy atom. The molecule has 0 aromatic carbocycles. The van der Waals surface area contributed by atoms with E-state index in [1.165, 1.54) is 10.6 Å². The Hall–Kier alpha value is -2.55. The normalized spacial score (nSPS) is 11.6. The summed E-state index contributed by atoms with van der Waals surface area (Å²) in [5.74, 6) is 2.19. The van der Waals surface area contributed by atoms with Gasteiger partial charge in [-0.1, -0.05) is 6.92 Å². The maximum absolute atomic E-state index is 12.0. The molecule has 0 fully saturated rings. The van der Waals surface area contributed by atoms with E-state index in [2.05, 4.69) is 25.3 Å². The molecular formula is C13H17N7O2. The number of aryl methyl sites for hydroxylation is 2. The number of hydrogen-bond acceptors (Lipinski definition) is 7. The number of rotatable bonds is 5. The lowest BCUT2D eigenvalue weighted by atomic mass is 10.3. The Labute approximate surface area is 126 Å². The van der Waals surface area contributed by atoms with Crippen LogP contribution in [-0.2, 0) is 19.5 Å². The molecule has 0 saturated carbocycles. The SMILES string of the molecule is CCc1nnc(CN(C)Cc2cc(=O)n3[nH]c(C)nc3n2)o1. The second kappa shape index (κ2) is 5.68. The molecule has 0 saturated heterocycles. The number of aromatic amines is 1. The lowest BCUT2D eigenvalue weighted by Crippen LogP contribution is -2.22. The van der Waals surface area contributed by atoms with Crippen LogP contribution in [0.5, 0.6) is 0 Å². The van der Waals surface area contributed by atoms with E-state index in [0.29, 0.717) is 48.6 Å². The molecule has 3 aromatic heterocycles. The van der Waals surface area contributed by atoms with Crippen LogP contribution in [0.25, 0.3) is 5.78 Å². The zero-order valence-electron chi connectivity index (χ0n) is 12.7. The van der Waals surface area contributed by atoms with Gasteiger partial charge in [-0.2, -0.15) is 9.50 Å². The topological polar surface area (TPSA) is 105 Å². The third-order valence-electron chi connectivity index (χ3n) is 3.14. The van der Waals surface area contributed by atoms with Gasteiger partial charge in [0.25, 0.3) is 11.3 Å². The molecule has 3 aromatic rings. The first-order chi connectivity index (χ1) is 10.5. The van der Waals surface area contributed by atoms with E-state index < -0.39 is 0 Å². The smallest absolute Gasteiger partial charge is 0.274 e. The first-order valence-corrected chi connectivity index (χ1v) is 7.00. The van der Waals surface area contributed by atoms with Crippen molar-refractivity contribution in [3.8, 4) is 0 Å². The summed E-state index contributed by atoms with van der Waals surface area (Å²) in [6.07, 6.45) is 0.713. The monoisotopic (exact) mass is 303 g/mol. The van der Waals surface area contributed by atoms with Gasteiger partial charge in [0, 0.05) is 19.0 Å².